The van der Waals surface area contributed by atoms with E-state index < -0.39 is 18.5 Å². The second kappa shape index (κ2) is 9.34. The number of methoxy groups -OCH3 is 3. The van der Waals surface area contributed by atoms with E-state index in [9.17, 15) is 9.59 Å². The van der Waals surface area contributed by atoms with Crippen molar-refractivity contribution >= 4 is 40.8 Å². The normalized spacial score (nSPS) is 10.1. The number of amides is 1. The van der Waals surface area contributed by atoms with E-state index in [-0.39, 0.29) is 16.3 Å². The Morgan fingerprint density at radius 2 is 1.59 bits per heavy atom. The van der Waals surface area contributed by atoms with Crippen LogP contribution in [0.25, 0.3) is 0 Å². The van der Waals surface area contributed by atoms with Gasteiger partial charge in [-0.1, -0.05) is 29.3 Å². The van der Waals surface area contributed by atoms with Gasteiger partial charge in [0.15, 0.2) is 18.1 Å². The summed E-state index contributed by atoms with van der Waals surface area (Å²) in [5.74, 6) is -0.414. The van der Waals surface area contributed by atoms with E-state index in [0.717, 1.165) is 0 Å². The standard InChI is InChI=1S/C18H17Cl2NO6/c1-24-13-8-15(26-3)14(25-2)7-10(13)18(23)27-9-16(22)21-12-6-4-5-11(19)17(12)20/h4-8H,9H2,1-3H3,(H,21,22). The zero-order valence-corrected chi connectivity index (χ0v) is 16.3. The molecule has 0 heterocycles. The number of esters is 1. The minimum Gasteiger partial charge on any atom is -0.496 e. The summed E-state index contributed by atoms with van der Waals surface area (Å²) in [5.41, 5.74) is 0.401. The molecule has 0 spiro atoms. The Morgan fingerprint density at radius 3 is 2.22 bits per heavy atom. The number of carbonyl (C=O) groups excluding carboxylic acids is 2. The molecule has 2 aromatic rings. The van der Waals surface area contributed by atoms with Crippen molar-refractivity contribution in [2.24, 2.45) is 0 Å². The fourth-order valence-corrected chi connectivity index (χ4v) is 2.53. The van der Waals surface area contributed by atoms with Crippen molar-refractivity contribution in [3.05, 3.63) is 45.9 Å². The number of ether oxygens (including phenoxy) is 4. The maximum absolute atomic E-state index is 12.3. The Balaban J connectivity index is 2.09. The summed E-state index contributed by atoms with van der Waals surface area (Å²) < 4.78 is 20.5. The number of carbonyl (C=O) groups is 2. The molecule has 27 heavy (non-hydrogen) atoms. The van der Waals surface area contributed by atoms with Crippen LogP contribution in [0.2, 0.25) is 10.0 Å². The number of anilines is 1. The molecule has 2 rings (SSSR count). The zero-order chi connectivity index (χ0) is 20.0. The van der Waals surface area contributed by atoms with Gasteiger partial charge in [0, 0.05) is 12.1 Å². The molecule has 0 saturated heterocycles. The number of halogens is 2. The largest absolute Gasteiger partial charge is 0.496 e. The van der Waals surface area contributed by atoms with E-state index >= 15 is 0 Å². The van der Waals surface area contributed by atoms with Gasteiger partial charge in [-0.25, -0.2) is 4.79 Å². The van der Waals surface area contributed by atoms with Crippen molar-refractivity contribution in [3.63, 3.8) is 0 Å². The molecule has 9 heteroatoms. The lowest BCUT2D eigenvalue weighted by molar-refractivity contribution is -0.119. The van der Waals surface area contributed by atoms with Crippen LogP contribution in [0.4, 0.5) is 5.69 Å². The maximum atomic E-state index is 12.3. The molecule has 1 N–H and O–H groups in total. The van der Waals surface area contributed by atoms with Gasteiger partial charge in [0.2, 0.25) is 0 Å². The summed E-state index contributed by atoms with van der Waals surface area (Å²) >= 11 is 11.9. The van der Waals surface area contributed by atoms with Crippen molar-refractivity contribution in [3.8, 4) is 17.2 Å². The van der Waals surface area contributed by atoms with Crippen LogP contribution >= 0.6 is 23.2 Å². The van der Waals surface area contributed by atoms with E-state index in [1.54, 1.807) is 18.2 Å². The molecule has 0 aliphatic rings. The number of benzene rings is 2. The van der Waals surface area contributed by atoms with Crippen LogP contribution in [0.1, 0.15) is 10.4 Å². The second-order valence-corrected chi connectivity index (χ2v) is 5.92. The topological polar surface area (TPSA) is 83.1 Å². The average molecular weight is 414 g/mol. The van der Waals surface area contributed by atoms with E-state index in [0.29, 0.717) is 22.2 Å². The number of nitrogens with one attached hydrogen (secondary N) is 1. The monoisotopic (exact) mass is 413 g/mol. The molecule has 0 aromatic heterocycles. The van der Waals surface area contributed by atoms with Gasteiger partial charge in [-0.15, -0.1) is 0 Å². The first-order valence-electron chi connectivity index (χ1n) is 7.62. The molecular formula is C18H17Cl2NO6. The van der Waals surface area contributed by atoms with Crippen molar-refractivity contribution in [1.82, 2.24) is 0 Å². The van der Waals surface area contributed by atoms with Crippen LogP contribution in [0, 0.1) is 0 Å². The number of hydrogen-bond acceptors (Lipinski definition) is 6. The van der Waals surface area contributed by atoms with Crippen LogP contribution < -0.4 is 19.5 Å². The van der Waals surface area contributed by atoms with Crippen molar-refractivity contribution in [1.29, 1.82) is 0 Å². The molecule has 144 valence electrons. The molecular weight excluding hydrogens is 397 g/mol. The first-order valence-corrected chi connectivity index (χ1v) is 8.37. The second-order valence-electron chi connectivity index (χ2n) is 5.13. The average Bonchev–Trinajstić information content (AvgIpc) is 2.68. The number of rotatable bonds is 7. The molecule has 0 aliphatic carbocycles. The van der Waals surface area contributed by atoms with Crippen LogP contribution in [-0.4, -0.2) is 39.8 Å². The fraction of sp³-hybridized carbons (Fsp3) is 0.222. The molecule has 0 fully saturated rings. The molecule has 0 unspecified atom stereocenters. The van der Waals surface area contributed by atoms with Gasteiger partial charge >= 0.3 is 5.97 Å². The Kier molecular flexibility index (Phi) is 7.15. The molecule has 0 bridgehead atoms. The fourth-order valence-electron chi connectivity index (χ4n) is 2.18. The van der Waals surface area contributed by atoms with Crippen LogP contribution in [-0.2, 0) is 9.53 Å². The highest BCUT2D eigenvalue weighted by Crippen LogP contribution is 2.35. The van der Waals surface area contributed by atoms with Crippen molar-refractivity contribution in [2.75, 3.05) is 33.3 Å². The Bertz CT molecular complexity index is 856. The lowest BCUT2D eigenvalue weighted by atomic mass is 10.1. The summed E-state index contributed by atoms with van der Waals surface area (Å²) in [7, 11) is 4.29. The minimum absolute atomic E-state index is 0.0868. The predicted octanol–water partition coefficient (Wildman–Crippen LogP) is 3.81. The van der Waals surface area contributed by atoms with Crippen LogP contribution in [0.3, 0.4) is 0 Å². The summed E-state index contributed by atoms with van der Waals surface area (Å²) in [6.45, 7) is -0.529. The molecule has 1 amide bonds. The van der Waals surface area contributed by atoms with Gasteiger partial charge in [-0.3, -0.25) is 4.79 Å². The number of hydrogen-bond donors (Lipinski definition) is 1. The summed E-state index contributed by atoms with van der Waals surface area (Å²) in [5, 5.41) is 3.01. The Hall–Kier alpha value is -2.64. The van der Waals surface area contributed by atoms with Crippen molar-refractivity contribution in [2.45, 2.75) is 0 Å². The lowest BCUT2D eigenvalue weighted by Crippen LogP contribution is -2.21. The van der Waals surface area contributed by atoms with Gasteiger partial charge in [-0.05, 0) is 12.1 Å². The van der Waals surface area contributed by atoms with Gasteiger partial charge < -0.3 is 24.3 Å². The van der Waals surface area contributed by atoms with Gasteiger partial charge in [-0.2, -0.15) is 0 Å². The third-order valence-electron chi connectivity index (χ3n) is 3.49. The van der Waals surface area contributed by atoms with Gasteiger partial charge in [0.05, 0.1) is 37.1 Å². The van der Waals surface area contributed by atoms with Crippen molar-refractivity contribution < 1.29 is 28.5 Å². The maximum Gasteiger partial charge on any atom is 0.342 e. The van der Waals surface area contributed by atoms with Crippen LogP contribution in [0.5, 0.6) is 17.2 Å². The Labute approximate surface area is 166 Å². The van der Waals surface area contributed by atoms with E-state index in [1.807, 2.05) is 0 Å². The molecule has 2 aromatic carbocycles. The zero-order valence-electron chi connectivity index (χ0n) is 14.8. The third-order valence-corrected chi connectivity index (χ3v) is 4.30. The Morgan fingerprint density at radius 1 is 0.963 bits per heavy atom. The highest BCUT2D eigenvalue weighted by atomic mass is 35.5. The lowest BCUT2D eigenvalue weighted by Gasteiger charge is -2.13. The highest BCUT2D eigenvalue weighted by Gasteiger charge is 2.20. The van der Waals surface area contributed by atoms with Gasteiger partial charge in [0.25, 0.3) is 5.91 Å². The smallest absolute Gasteiger partial charge is 0.342 e. The van der Waals surface area contributed by atoms with E-state index in [1.165, 1.54) is 33.5 Å². The van der Waals surface area contributed by atoms with Crippen LogP contribution in [0.15, 0.2) is 30.3 Å². The third kappa shape index (κ3) is 4.96. The minimum atomic E-state index is -0.764. The predicted molar refractivity (Wildman–Crippen MR) is 101 cm³/mol. The summed E-state index contributed by atoms with van der Waals surface area (Å²) in [6.07, 6.45) is 0. The SMILES string of the molecule is COc1cc(OC)c(C(=O)OCC(=O)Nc2cccc(Cl)c2Cl)cc1OC. The van der Waals surface area contributed by atoms with E-state index in [4.69, 9.17) is 42.1 Å². The molecule has 0 radical (unpaired) electrons. The highest BCUT2D eigenvalue weighted by molar-refractivity contribution is 6.44. The first kappa shape index (κ1) is 20.7. The molecule has 7 nitrogen and oxygen atoms in total. The molecule has 0 atom stereocenters. The van der Waals surface area contributed by atoms with Gasteiger partial charge in [0.1, 0.15) is 11.3 Å². The summed E-state index contributed by atoms with van der Waals surface area (Å²) in [6, 6.07) is 7.69. The first-order chi connectivity index (χ1) is 12.9. The quantitative estimate of drug-likeness (QED) is 0.694. The summed E-state index contributed by atoms with van der Waals surface area (Å²) in [4.78, 5) is 24.4. The molecule has 0 saturated carbocycles. The molecule has 0 aliphatic heterocycles. The van der Waals surface area contributed by atoms with E-state index in [2.05, 4.69) is 5.32 Å².